The number of phenols is 1. The van der Waals surface area contributed by atoms with Gasteiger partial charge >= 0.3 is 0 Å². The zero-order valence-electron chi connectivity index (χ0n) is 7.87. The lowest BCUT2D eigenvalue weighted by Crippen LogP contribution is -2.15. The first-order chi connectivity index (χ1) is 7.02. The van der Waals surface area contributed by atoms with E-state index in [-0.39, 0.29) is 33.5 Å². The lowest BCUT2D eigenvalue weighted by Gasteiger charge is -2.14. The van der Waals surface area contributed by atoms with Gasteiger partial charge in [-0.3, -0.25) is 9.59 Å². The molecule has 1 N–H and O–H groups in total. The van der Waals surface area contributed by atoms with Crippen LogP contribution in [0.4, 0.5) is 0 Å². The Bertz CT molecular complexity index is 515. The molecule has 3 nitrogen and oxygen atoms in total. The predicted molar refractivity (Wildman–Crippen MR) is 55.4 cm³/mol. The van der Waals surface area contributed by atoms with Gasteiger partial charge < -0.3 is 5.11 Å². The molecule has 0 saturated carbocycles. The third kappa shape index (κ3) is 1.36. The molecule has 0 spiro atoms. The summed E-state index contributed by atoms with van der Waals surface area (Å²) in [5.41, 5.74) is 0.901. The van der Waals surface area contributed by atoms with E-state index in [2.05, 4.69) is 0 Å². The average Bonchev–Trinajstić information content (AvgIpc) is 2.18. The Labute approximate surface area is 91.0 Å². The van der Waals surface area contributed by atoms with Crippen LogP contribution in [0.1, 0.15) is 26.3 Å². The summed E-state index contributed by atoms with van der Waals surface area (Å²) < 4.78 is 0. The highest BCUT2D eigenvalue weighted by Gasteiger charge is 2.26. The summed E-state index contributed by atoms with van der Waals surface area (Å²) in [6, 6.07) is 2.79. The van der Waals surface area contributed by atoms with Crippen molar-refractivity contribution in [2.75, 3.05) is 0 Å². The monoisotopic (exact) mass is 222 g/mol. The van der Waals surface area contributed by atoms with Crippen molar-refractivity contribution in [2.45, 2.75) is 6.92 Å². The molecule has 1 aliphatic rings. The number of ketones is 2. The molecular formula is C11H7ClO3. The van der Waals surface area contributed by atoms with Crippen molar-refractivity contribution in [3.8, 4) is 5.75 Å². The smallest absolute Gasteiger partial charge is 0.205 e. The largest absolute Gasteiger partial charge is 0.508 e. The van der Waals surface area contributed by atoms with Crippen LogP contribution in [-0.4, -0.2) is 16.7 Å². The summed E-state index contributed by atoms with van der Waals surface area (Å²) in [4.78, 5) is 23.2. The zero-order chi connectivity index (χ0) is 11.2. The highest BCUT2D eigenvalue weighted by atomic mass is 35.5. The van der Waals surface area contributed by atoms with Crippen LogP contribution in [0.2, 0.25) is 0 Å². The normalized spacial score (nSPS) is 14.9. The van der Waals surface area contributed by atoms with E-state index in [0.29, 0.717) is 5.56 Å². The number of rotatable bonds is 0. The van der Waals surface area contributed by atoms with Crippen molar-refractivity contribution < 1.29 is 14.7 Å². The van der Waals surface area contributed by atoms with Crippen molar-refractivity contribution in [2.24, 2.45) is 0 Å². The van der Waals surface area contributed by atoms with Gasteiger partial charge in [0.05, 0.1) is 5.03 Å². The van der Waals surface area contributed by atoms with Crippen LogP contribution in [0, 0.1) is 6.92 Å². The quantitative estimate of drug-likeness (QED) is 0.732. The number of phenolic OH excluding ortho intramolecular Hbond substituents is 1. The van der Waals surface area contributed by atoms with Crippen LogP contribution in [-0.2, 0) is 0 Å². The van der Waals surface area contributed by atoms with Gasteiger partial charge in [0, 0.05) is 22.8 Å². The van der Waals surface area contributed by atoms with Crippen LogP contribution >= 0.6 is 11.6 Å². The second kappa shape index (κ2) is 3.21. The number of aromatic hydroxyl groups is 1. The van der Waals surface area contributed by atoms with Gasteiger partial charge in [-0.1, -0.05) is 11.6 Å². The number of fused-ring (bicyclic) bond motifs is 1. The molecule has 0 saturated heterocycles. The fraction of sp³-hybridized carbons (Fsp3) is 0.0909. The second-order valence-corrected chi connectivity index (χ2v) is 3.73. The number of Topliss-reactive ketones (excluding diaryl/α,β-unsaturated/α-hetero) is 1. The Kier molecular flexibility index (Phi) is 2.12. The Hall–Kier alpha value is -1.61. The molecule has 15 heavy (non-hydrogen) atoms. The highest BCUT2D eigenvalue weighted by molar-refractivity contribution is 6.49. The Balaban J connectivity index is 2.78. The maximum atomic E-state index is 11.6. The fourth-order valence-electron chi connectivity index (χ4n) is 1.59. The van der Waals surface area contributed by atoms with Gasteiger partial charge in [0.15, 0.2) is 5.78 Å². The van der Waals surface area contributed by atoms with Crippen molar-refractivity contribution in [3.63, 3.8) is 0 Å². The van der Waals surface area contributed by atoms with E-state index in [9.17, 15) is 14.7 Å². The average molecular weight is 223 g/mol. The van der Waals surface area contributed by atoms with E-state index in [1.165, 1.54) is 12.1 Å². The summed E-state index contributed by atoms with van der Waals surface area (Å²) >= 11 is 5.61. The van der Waals surface area contributed by atoms with Gasteiger partial charge in [0.25, 0.3) is 0 Å². The van der Waals surface area contributed by atoms with Gasteiger partial charge in [-0.25, -0.2) is 0 Å². The summed E-state index contributed by atoms with van der Waals surface area (Å²) in [5.74, 6) is -0.723. The summed E-state index contributed by atoms with van der Waals surface area (Å²) in [6.45, 7) is 1.59. The number of hydrogen-bond donors (Lipinski definition) is 1. The van der Waals surface area contributed by atoms with Crippen molar-refractivity contribution in [1.29, 1.82) is 0 Å². The molecule has 0 unspecified atom stereocenters. The van der Waals surface area contributed by atoms with E-state index < -0.39 is 0 Å². The van der Waals surface area contributed by atoms with E-state index >= 15 is 0 Å². The van der Waals surface area contributed by atoms with E-state index in [0.717, 1.165) is 6.08 Å². The minimum atomic E-state index is -0.380. The molecule has 0 aromatic heterocycles. The Morgan fingerprint density at radius 1 is 1.27 bits per heavy atom. The second-order valence-electron chi connectivity index (χ2n) is 3.32. The topological polar surface area (TPSA) is 54.4 Å². The molecule has 0 amide bonds. The van der Waals surface area contributed by atoms with Crippen LogP contribution in [0.3, 0.4) is 0 Å². The van der Waals surface area contributed by atoms with Gasteiger partial charge in [-0.05, 0) is 19.1 Å². The van der Waals surface area contributed by atoms with E-state index in [1.807, 2.05) is 0 Å². The molecule has 0 atom stereocenters. The highest BCUT2D eigenvalue weighted by Crippen LogP contribution is 2.30. The van der Waals surface area contributed by atoms with Crippen LogP contribution in [0.5, 0.6) is 5.75 Å². The van der Waals surface area contributed by atoms with Gasteiger partial charge in [-0.15, -0.1) is 0 Å². The van der Waals surface area contributed by atoms with Crippen LogP contribution in [0.15, 0.2) is 23.2 Å². The number of hydrogen-bond acceptors (Lipinski definition) is 3. The molecule has 0 aliphatic heterocycles. The fourth-order valence-corrected chi connectivity index (χ4v) is 1.79. The van der Waals surface area contributed by atoms with Crippen molar-refractivity contribution in [1.82, 2.24) is 0 Å². The summed E-state index contributed by atoms with van der Waals surface area (Å²) in [5, 5.41) is 9.34. The molecule has 0 bridgehead atoms. The number of carbonyl (C=O) groups excluding carboxylic acids is 2. The maximum absolute atomic E-state index is 11.6. The first-order valence-electron chi connectivity index (χ1n) is 4.31. The molecule has 76 valence electrons. The molecule has 4 heteroatoms. The van der Waals surface area contributed by atoms with Gasteiger partial charge in [0.2, 0.25) is 5.78 Å². The van der Waals surface area contributed by atoms with Crippen molar-refractivity contribution in [3.05, 3.63) is 39.9 Å². The third-order valence-corrected chi connectivity index (χ3v) is 2.68. The molecule has 0 heterocycles. The lowest BCUT2D eigenvalue weighted by molar-refractivity contribution is 0.0989. The minimum absolute atomic E-state index is 0.00122. The Morgan fingerprint density at radius 2 is 1.93 bits per heavy atom. The first kappa shape index (κ1) is 9.93. The molecule has 1 aromatic carbocycles. The van der Waals surface area contributed by atoms with E-state index in [4.69, 9.17) is 11.6 Å². The summed E-state index contributed by atoms with van der Waals surface area (Å²) in [7, 11) is 0. The SMILES string of the molecule is Cc1c(O)ccc2c1C(=O)C=C(Cl)C2=O. The maximum Gasteiger partial charge on any atom is 0.205 e. The standard InChI is InChI=1S/C11H7ClO3/c1-5-8(13)3-2-6-10(5)9(14)4-7(12)11(6)15/h2-4,13H,1H3. The number of carbonyl (C=O) groups is 2. The molecule has 1 aromatic rings. The zero-order valence-corrected chi connectivity index (χ0v) is 8.63. The van der Waals surface area contributed by atoms with Gasteiger partial charge in [-0.2, -0.15) is 0 Å². The van der Waals surface area contributed by atoms with Crippen LogP contribution in [0.25, 0.3) is 0 Å². The summed E-state index contributed by atoms with van der Waals surface area (Å²) in [6.07, 6.45) is 1.08. The molecule has 2 rings (SSSR count). The molecular weight excluding hydrogens is 216 g/mol. The number of allylic oxidation sites excluding steroid dienone is 2. The number of benzene rings is 1. The minimum Gasteiger partial charge on any atom is -0.508 e. The molecule has 0 radical (unpaired) electrons. The van der Waals surface area contributed by atoms with Crippen molar-refractivity contribution >= 4 is 23.2 Å². The lowest BCUT2D eigenvalue weighted by atomic mass is 9.90. The first-order valence-corrected chi connectivity index (χ1v) is 4.69. The third-order valence-electron chi connectivity index (χ3n) is 2.40. The molecule has 0 fully saturated rings. The van der Waals surface area contributed by atoms with Crippen LogP contribution < -0.4 is 0 Å². The Morgan fingerprint density at radius 3 is 2.60 bits per heavy atom. The molecule has 1 aliphatic carbocycles. The van der Waals surface area contributed by atoms with E-state index in [1.54, 1.807) is 6.92 Å². The number of halogens is 1. The predicted octanol–water partition coefficient (Wildman–Crippen LogP) is 2.20. The van der Waals surface area contributed by atoms with Gasteiger partial charge in [0.1, 0.15) is 5.75 Å².